The quantitative estimate of drug-likeness (QED) is 0.667. The molecule has 3 nitrogen and oxygen atoms in total. The van der Waals surface area contributed by atoms with Gasteiger partial charge in [-0.25, -0.2) is 9.97 Å². The normalized spacial score (nSPS) is 11.0. The lowest BCUT2D eigenvalue weighted by Crippen LogP contribution is -2.00. The van der Waals surface area contributed by atoms with Gasteiger partial charge in [-0.15, -0.1) is 22.9 Å². The Morgan fingerprint density at radius 3 is 2.52 bits per heavy atom. The average molecular weight is 318 g/mol. The summed E-state index contributed by atoms with van der Waals surface area (Å²) in [5, 5.41) is 3.03. The molecule has 0 aliphatic rings. The van der Waals surface area contributed by atoms with Crippen molar-refractivity contribution < 1.29 is 0 Å². The molecule has 0 atom stereocenters. The van der Waals surface area contributed by atoms with E-state index in [0.29, 0.717) is 5.88 Å². The van der Waals surface area contributed by atoms with Gasteiger partial charge >= 0.3 is 0 Å². The minimum Gasteiger partial charge on any atom is -0.330 e. The minimum atomic E-state index is 0.466. The molecule has 0 spiro atoms. The maximum Gasteiger partial charge on any atom is 0.123 e. The van der Waals surface area contributed by atoms with Crippen LogP contribution in [-0.4, -0.2) is 14.5 Å². The highest BCUT2D eigenvalue weighted by atomic mass is 35.5. The Kier molecular flexibility index (Phi) is 4.08. The van der Waals surface area contributed by atoms with Crippen LogP contribution >= 0.6 is 22.9 Å². The second-order valence-electron chi connectivity index (χ2n) is 5.02. The SMILES string of the molecule is Cc1ncn(Cc2ccc(-c3nc(CCl)cs3)cc2)c1C. The Morgan fingerprint density at radius 2 is 1.95 bits per heavy atom. The number of aromatic nitrogens is 3. The largest absolute Gasteiger partial charge is 0.330 e. The summed E-state index contributed by atoms with van der Waals surface area (Å²) in [5.74, 6) is 0.466. The molecule has 0 radical (unpaired) electrons. The number of benzene rings is 1. The van der Waals surface area contributed by atoms with Crippen molar-refractivity contribution in [1.29, 1.82) is 0 Å². The molecule has 108 valence electrons. The first-order chi connectivity index (χ1) is 10.2. The minimum absolute atomic E-state index is 0.466. The van der Waals surface area contributed by atoms with E-state index in [-0.39, 0.29) is 0 Å². The average Bonchev–Trinajstić information content (AvgIpc) is 3.10. The number of hydrogen-bond acceptors (Lipinski definition) is 3. The molecule has 2 aromatic heterocycles. The standard InChI is InChI=1S/C16H16ClN3S/c1-11-12(2)20(10-18-11)8-13-3-5-14(6-4-13)16-19-15(7-17)9-21-16/h3-6,9-10H,7-8H2,1-2H3. The van der Waals surface area contributed by atoms with E-state index < -0.39 is 0 Å². The van der Waals surface area contributed by atoms with Crippen LogP contribution in [-0.2, 0) is 12.4 Å². The number of nitrogens with zero attached hydrogens (tertiary/aromatic N) is 3. The van der Waals surface area contributed by atoms with Crippen molar-refractivity contribution in [2.24, 2.45) is 0 Å². The molecule has 0 amide bonds. The van der Waals surface area contributed by atoms with Gasteiger partial charge in [-0.1, -0.05) is 24.3 Å². The Balaban J connectivity index is 1.79. The van der Waals surface area contributed by atoms with Crippen LogP contribution in [0, 0.1) is 13.8 Å². The van der Waals surface area contributed by atoms with Crippen LogP contribution in [0.3, 0.4) is 0 Å². The van der Waals surface area contributed by atoms with Crippen molar-refractivity contribution >= 4 is 22.9 Å². The van der Waals surface area contributed by atoms with Crippen LogP contribution in [0.4, 0.5) is 0 Å². The predicted octanol–water partition coefficient (Wildman–Crippen LogP) is 4.41. The second-order valence-corrected chi connectivity index (χ2v) is 6.14. The molecule has 0 aliphatic heterocycles. The van der Waals surface area contributed by atoms with Gasteiger partial charge in [-0.3, -0.25) is 0 Å². The molecule has 0 unspecified atom stereocenters. The van der Waals surface area contributed by atoms with Crippen LogP contribution in [0.1, 0.15) is 22.6 Å². The van der Waals surface area contributed by atoms with Crippen molar-refractivity contribution in [3.63, 3.8) is 0 Å². The molecule has 0 aliphatic carbocycles. The fourth-order valence-corrected chi connectivity index (χ4v) is 3.21. The third-order valence-corrected chi connectivity index (χ3v) is 4.80. The van der Waals surface area contributed by atoms with Crippen LogP contribution in [0.5, 0.6) is 0 Å². The molecular weight excluding hydrogens is 302 g/mol. The maximum absolute atomic E-state index is 5.80. The molecule has 0 N–H and O–H groups in total. The summed E-state index contributed by atoms with van der Waals surface area (Å²) in [5.41, 5.74) is 5.63. The van der Waals surface area contributed by atoms with Gasteiger partial charge in [0, 0.05) is 23.2 Å². The summed E-state index contributed by atoms with van der Waals surface area (Å²) >= 11 is 7.43. The first-order valence-corrected chi connectivity index (χ1v) is 8.17. The van der Waals surface area contributed by atoms with Gasteiger partial charge in [0.15, 0.2) is 0 Å². The number of alkyl halides is 1. The second kappa shape index (κ2) is 6.00. The Bertz CT molecular complexity index is 743. The van der Waals surface area contributed by atoms with Gasteiger partial charge in [0.1, 0.15) is 5.01 Å². The predicted molar refractivity (Wildman–Crippen MR) is 87.9 cm³/mol. The molecule has 0 saturated heterocycles. The topological polar surface area (TPSA) is 30.7 Å². The summed E-state index contributed by atoms with van der Waals surface area (Å²) in [6.07, 6.45) is 1.89. The lowest BCUT2D eigenvalue weighted by molar-refractivity contribution is 0.769. The van der Waals surface area contributed by atoms with Gasteiger partial charge in [-0.2, -0.15) is 0 Å². The highest BCUT2D eigenvalue weighted by molar-refractivity contribution is 7.13. The van der Waals surface area contributed by atoms with Crippen molar-refractivity contribution in [2.45, 2.75) is 26.3 Å². The lowest BCUT2D eigenvalue weighted by atomic mass is 10.1. The number of imidazole rings is 1. The Morgan fingerprint density at radius 1 is 1.19 bits per heavy atom. The van der Waals surface area contributed by atoms with E-state index in [9.17, 15) is 0 Å². The number of hydrogen-bond donors (Lipinski definition) is 0. The maximum atomic E-state index is 5.80. The first kappa shape index (κ1) is 14.3. The monoisotopic (exact) mass is 317 g/mol. The van der Waals surface area contributed by atoms with Gasteiger partial charge < -0.3 is 4.57 Å². The van der Waals surface area contributed by atoms with E-state index in [1.165, 1.54) is 11.3 Å². The van der Waals surface area contributed by atoms with Crippen LogP contribution in [0.2, 0.25) is 0 Å². The number of aryl methyl sites for hydroxylation is 1. The molecule has 3 aromatic rings. The van der Waals surface area contributed by atoms with Crippen LogP contribution < -0.4 is 0 Å². The van der Waals surface area contributed by atoms with Crippen molar-refractivity contribution in [2.75, 3.05) is 0 Å². The zero-order chi connectivity index (χ0) is 14.8. The molecule has 0 saturated carbocycles. The lowest BCUT2D eigenvalue weighted by Gasteiger charge is -2.06. The fraction of sp³-hybridized carbons (Fsp3) is 0.250. The van der Waals surface area contributed by atoms with Crippen molar-refractivity contribution in [1.82, 2.24) is 14.5 Å². The molecule has 1 aromatic carbocycles. The number of rotatable bonds is 4. The van der Waals surface area contributed by atoms with E-state index in [1.807, 2.05) is 18.6 Å². The molecule has 21 heavy (non-hydrogen) atoms. The van der Waals surface area contributed by atoms with Crippen molar-refractivity contribution in [3.8, 4) is 10.6 Å². The summed E-state index contributed by atoms with van der Waals surface area (Å²) < 4.78 is 2.17. The molecule has 0 bridgehead atoms. The molecule has 3 rings (SSSR count). The zero-order valence-electron chi connectivity index (χ0n) is 12.0. The van der Waals surface area contributed by atoms with E-state index in [4.69, 9.17) is 11.6 Å². The van der Waals surface area contributed by atoms with E-state index in [1.54, 1.807) is 11.3 Å². The summed E-state index contributed by atoms with van der Waals surface area (Å²) in [6.45, 7) is 4.98. The molecule has 5 heteroatoms. The van der Waals surface area contributed by atoms with E-state index in [2.05, 4.69) is 45.7 Å². The number of thiazole rings is 1. The molecule has 2 heterocycles. The smallest absolute Gasteiger partial charge is 0.123 e. The number of halogens is 1. The Hall–Kier alpha value is -1.65. The van der Waals surface area contributed by atoms with Crippen LogP contribution in [0.15, 0.2) is 36.0 Å². The fourth-order valence-electron chi connectivity index (χ4n) is 2.15. The molecule has 0 fully saturated rings. The van der Waals surface area contributed by atoms with Gasteiger partial charge in [0.2, 0.25) is 0 Å². The highest BCUT2D eigenvalue weighted by Crippen LogP contribution is 2.25. The van der Waals surface area contributed by atoms with E-state index in [0.717, 1.165) is 28.5 Å². The van der Waals surface area contributed by atoms with Gasteiger partial charge in [0.05, 0.1) is 23.6 Å². The summed E-state index contributed by atoms with van der Waals surface area (Å²) in [4.78, 5) is 8.83. The van der Waals surface area contributed by atoms with Crippen molar-refractivity contribution in [3.05, 3.63) is 58.6 Å². The molecular formula is C16H16ClN3S. The van der Waals surface area contributed by atoms with Gasteiger partial charge in [-0.05, 0) is 19.4 Å². The first-order valence-electron chi connectivity index (χ1n) is 6.75. The third kappa shape index (κ3) is 3.01. The Labute approximate surface area is 133 Å². The summed E-state index contributed by atoms with van der Waals surface area (Å²) in [7, 11) is 0. The highest BCUT2D eigenvalue weighted by Gasteiger charge is 2.06. The van der Waals surface area contributed by atoms with Gasteiger partial charge in [0.25, 0.3) is 0 Å². The third-order valence-electron chi connectivity index (χ3n) is 3.59. The summed E-state index contributed by atoms with van der Waals surface area (Å²) in [6, 6.07) is 8.52. The van der Waals surface area contributed by atoms with E-state index >= 15 is 0 Å². The van der Waals surface area contributed by atoms with Crippen LogP contribution in [0.25, 0.3) is 10.6 Å². The zero-order valence-corrected chi connectivity index (χ0v) is 13.6.